The fraction of sp³-hybridized carbons (Fsp3) is 0.262. The Hall–Kier alpha value is -6.35. The van der Waals surface area contributed by atoms with Gasteiger partial charge in [0, 0.05) is 48.3 Å². The maximum Gasteiger partial charge on any atom is 0.148 e. The topological polar surface area (TPSA) is 50.9 Å². The predicted octanol–water partition coefficient (Wildman–Crippen LogP) is 17.9. The number of nitrogens with zero attached hydrogens (tertiary/aromatic N) is 3. The van der Waals surface area contributed by atoms with Gasteiger partial charge < -0.3 is 5.11 Å². The van der Waals surface area contributed by atoms with Crippen LogP contribution in [-0.4, -0.2) is 19.6 Å². The summed E-state index contributed by atoms with van der Waals surface area (Å²) in [4.78, 5) is 10.5. The van der Waals surface area contributed by atoms with Gasteiger partial charge in [-0.25, -0.2) is 4.98 Å². The van der Waals surface area contributed by atoms with Crippen molar-refractivity contribution in [3.63, 3.8) is 0 Å². The summed E-state index contributed by atoms with van der Waals surface area (Å²) >= 11 is 0. The van der Waals surface area contributed by atoms with E-state index in [-0.39, 0.29) is 37.6 Å². The molecule has 4 nitrogen and oxygen atoms in total. The molecular weight excluding hydrogens is 1030 g/mol. The molecule has 70 heavy (non-hydrogen) atoms. The summed E-state index contributed by atoms with van der Waals surface area (Å²) in [6.07, 6.45) is 1.85. The number of aromatic hydroxyl groups is 1. The Morgan fingerprint density at radius 1 is 0.557 bits per heavy atom. The van der Waals surface area contributed by atoms with Crippen molar-refractivity contribution in [1.29, 1.82) is 0 Å². The Morgan fingerprint density at radius 2 is 1.17 bits per heavy atom. The van der Waals surface area contributed by atoms with Crippen LogP contribution in [-0.2, 0) is 31.9 Å². The van der Waals surface area contributed by atoms with Crippen molar-refractivity contribution in [2.24, 2.45) is 0 Å². The van der Waals surface area contributed by atoms with Gasteiger partial charge in [0.05, 0.1) is 16.6 Å². The van der Waals surface area contributed by atoms with Crippen LogP contribution < -0.4 is 0 Å². The summed E-state index contributed by atoms with van der Waals surface area (Å²) in [6.45, 7) is 24.4. The molecule has 0 bridgehead atoms. The van der Waals surface area contributed by atoms with Gasteiger partial charge in [0.25, 0.3) is 0 Å². The molecule has 0 spiro atoms. The van der Waals surface area contributed by atoms with Crippen LogP contribution in [0.1, 0.15) is 133 Å². The number of fused-ring (bicyclic) bond motifs is 1. The maximum absolute atomic E-state index is 12.5. The fourth-order valence-electron chi connectivity index (χ4n) is 9.45. The van der Waals surface area contributed by atoms with Crippen LogP contribution in [0.4, 0.5) is 0 Å². The molecule has 1 N–H and O–H groups in total. The second-order valence-corrected chi connectivity index (χ2v) is 21.2. The first-order valence-electron chi connectivity index (χ1n) is 25.6. The number of hydrogen-bond donors (Lipinski definition) is 1. The van der Waals surface area contributed by atoms with Gasteiger partial charge in [-0.1, -0.05) is 209 Å². The van der Waals surface area contributed by atoms with Crippen molar-refractivity contribution >= 4 is 11.0 Å². The van der Waals surface area contributed by atoms with Crippen molar-refractivity contribution in [3.8, 4) is 78.6 Å². The van der Waals surface area contributed by atoms with Crippen molar-refractivity contribution in [1.82, 2.24) is 14.5 Å². The van der Waals surface area contributed by atoms with E-state index >= 15 is 0 Å². The predicted molar refractivity (Wildman–Crippen MR) is 292 cm³/mol. The molecule has 0 unspecified atom stereocenters. The molecule has 2 aromatic heterocycles. The zero-order valence-electron chi connectivity index (χ0n) is 45.6. The van der Waals surface area contributed by atoms with E-state index in [1.807, 2.05) is 90.2 Å². The first-order valence-corrected chi connectivity index (χ1v) is 24.1. The SMILES string of the molecule is [2H]C(C)(C)c1ccc(-c2ccnc(-c3[c-]c(-c4cccc5c4nc(-c4cc(C(C)(C)C)cc(C(C)(C)C)c4O)n5-c4ccc(-c5c(C([2H])(C)C)cccc5C([2H])(C)C)cc4)cc(-c4ccccc4)c3)c2)cc1.[Pt]. The third kappa shape index (κ3) is 9.86. The van der Waals surface area contributed by atoms with Gasteiger partial charge in [-0.05, 0) is 109 Å². The molecular formula is C65H66N3OPt-. The van der Waals surface area contributed by atoms with E-state index in [2.05, 4.69) is 161 Å². The molecule has 358 valence electrons. The molecule has 0 fully saturated rings. The van der Waals surface area contributed by atoms with Gasteiger partial charge in [0.2, 0.25) is 0 Å². The average Bonchev–Trinajstić information content (AvgIpc) is 3.72. The van der Waals surface area contributed by atoms with Crippen LogP contribution in [0.15, 0.2) is 158 Å². The summed E-state index contributed by atoms with van der Waals surface area (Å²) in [5.74, 6) is -1.70. The van der Waals surface area contributed by atoms with Crippen LogP contribution in [0.5, 0.6) is 5.75 Å². The molecule has 0 amide bonds. The average molecular weight is 1100 g/mol. The van der Waals surface area contributed by atoms with E-state index in [1.54, 1.807) is 0 Å². The quantitative estimate of drug-likeness (QED) is 0.139. The summed E-state index contributed by atoms with van der Waals surface area (Å²) in [6, 6.07) is 55.7. The molecule has 0 saturated carbocycles. The van der Waals surface area contributed by atoms with Gasteiger partial charge in [0.15, 0.2) is 0 Å². The molecule has 5 heteroatoms. The van der Waals surface area contributed by atoms with Crippen LogP contribution in [0, 0.1) is 6.07 Å². The van der Waals surface area contributed by atoms with Crippen LogP contribution in [0.3, 0.4) is 0 Å². The zero-order chi connectivity index (χ0) is 51.7. The molecule has 0 aliphatic carbocycles. The fourth-order valence-corrected chi connectivity index (χ4v) is 9.45. The van der Waals surface area contributed by atoms with Crippen molar-refractivity contribution in [2.75, 3.05) is 0 Å². The number of aromatic nitrogens is 3. The molecule has 0 radical (unpaired) electrons. The van der Waals surface area contributed by atoms with E-state index in [9.17, 15) is 5.11 Å². The zero-order valence-corrected chi connectivity index (χ0v) is 44.9. The number of pyridine rings is 1. The first kappa shape index (κ1) is 46.1. The minimum Gasteiger partial charge on any atom is -0.507 e. The van der Waals surface area contributed by atoms with E-state index in [0.717, 1.165) is 100 Å². The van der Waals surface area contributed by atoms with Crippen molar-refractivity contribution in [2.45, 2.75) is 112 Å². The minimum absolute atomic E-state index is 0. The van der Waals surface area contributed by atoms with E-state index in [4.69, 9.17) is 14.1 Å². The second-order valence-electron chi connectivity index (χ2n) is 21.2. The Balaban J connectivity index is 0.00000711. The van der Waals surface area contributed by atoms with Gasteiger partial charge in [-0.3, -0.25) is 9.55 Å². The van der Waals surface area contributed by atoms with E-state index in [0.29, 0.717) is 11.4 Å². The first-order chi connectivity index (χ1) is 33.8. The van der Waals surface area contributed by atoms with Gasteiger partial charge in [-0.15, -0.1) is 23.8 Å². The monoisotopic (exact) mass is 1100 g/mol. The van der Waals surface area contributed by atoms with Gasteiger partial charge in [-0.2, -0.15) is 0 Å². The summed E-state index contributed by atoms with van der Waals surface area (Å²) < 4.78 is 29.0. The third-order valence-corrected chi connectivity index (χ3v) is 13.4. The number of phenolic OH excluding ortho intramolecular Hbond substituents is 1. The molecule has 2 heterocycles. The van der Waals surface area contributed by atoms with Crippen LogP contribution >= 0.6 is 0 Å². The second kappa shape index (κ2) is 19.8. The Kier molecular flexibility index (Phi) is 13.0. The van der Waals surface area contributed by atoms with Crippen LogP contribution in [0.2, 0.25) is 0 Å². The molecule has 0 aliphatic heterocycles. The van der Waals surface area contributed by atoms with E-state index < -0.39 is 17.7 Å². The molecule has 0 atom stereocenters. The number of phenols is 1. The number of para-hydroxylation sites is 1. The molecule has 0 aliphatic rings. The van der Waals surface area contributed by atoms with Gasteiger partial charge in [0.1, 0.15) is 11.6 Å². The molecule has 7 aromatic carbocycles. The molecule has 9 aromatic rings. The normalized spacial score (nSPS) is 13.1. The van der Waals surface area contributed by atoms with Crippen LogP contribution in [0.25, 0.3) is 83.9 Å². The smallest absolute Gasteiger partial charge is 0.148 e. The number of imidazole rings is 1. The Labute approximate surface area is 435 Å². The Morgan fingerprint density at radius 3 is 1.79 bits per heavy atom. The standard InChI is InChI=1S/C65H66N3O.Pt/c1-40(2)43-24-26-45(27-25-43)47-32-33-66-58(37-47)50-35-48(44-18-14-13-15-19-44)34-49(36-50)55-22-17-23-59-61(55)67-63(56-38-51(64(7,8)9)39-57(62(56)69)65(10,11)12)68(59)52-30-28-46(29-31-52)60-53(41(3)4)20-16-21-54(60)42(5)6;/h13-35,37-42,69H,1-12H3;/q-1;/i40D,41D,42D;. The van der Waals surface area contributed by atoms with Crippen molar-refractivity contribution in [3.05, 3.63) is 192 Å². The largest absolute Gasteiger partial charge is 0.507 e. The summed E-state index contributed by atoms with van der Waals surface area (Å²) in [5, 5.41) is 12.5. The minimum atomic E-state index is -0.903. The van der Waals surface area contributed by atoms with Gasteiger partial charge >= 0.3 is 0 Å². The maximum atomic E-state index is 12.5. The number of benzene rings is 7. The molecule has 9 rings (SSSR count). The van der Waals surface area contributed by atoms with E-state index in [1.165, 1.54) is 0 Å². The summed E-state index contributed by atoms with van der Waals surface area (Å²) in [7, 11) is 0. The van der Waals surface area contributed by atoms with Crippen molar-refractivity contribution < 1.29 is 30.3 Å². The third-order valence-electron chi connectivity index (χ3n) is 13.4. The number of rotatable bonds is 10. The Bertz CT molecular complexity index is 3440. The number of hydrogen-bond acceptors (Lipinski definition) is 3. The molecule has 0 saturated heterocycles. The summed E-state index contributed by atoms with van der Waals surface area (Å²) in [5.41, 5.74) is 16.4.